The number of hydrogen-bond donors (Lipinski definition) is 0. The van der Waals surface area contributed by atoms with Crippen molar-refractivity contribution in [3.63, 3.8) is 0 Å². The topological polar surface area (TPSA) is 24.6 Å². The second kappa shape index (κ2) is 13.9. The molecule has 0 fully saturated rings. The highest BCUT2D eigenvalue weighted by Gasteiger charge is 2.48. The Hall–Kier alpha value is -8.02. The van der Waals surface area contributed by atoms with Crippen LogP contribution in [-0.2, 0) is 16.4 Å². The summed E-state index contributed by atoms with van der Waals surface area (Å²) in [5.74, 6) is 0. The fourth-order valence-electron chi connectivity index (χ4n) is 13.6. The number of furan rings is 1. The van der Waals surface area contributed by atoms with Gasteiger partial charge in [-0.05, 0) is 128 Å². The summed E-state index contributed by atoms with van der Waals surface area (Å²) in [6.07, 6.45) is 0.772. The SMILES string of the molecule is C=C1CC(C)(c2ccccc2)N(c2ccccc2)c2cc3c(cc21)B1c2c(ccc4c5cc6oc7ccccc7c6cc5n-3c24)-c2cc3c(cc2N1c1ccc(C(C)(C)C)cc1)-c1ccccc1C3(C)C. The molecule has 0 saturated carbocycles. The third-order valence-electron chi connectivity index (χ3n) is 17.0. The Balaban J connectivity index is 1.10. The highest BCUT2D eigenvalue weighted by molar-refractivity contribution is 6.93. The minimum Gasteiger partial charge on any atom is -0.456 e. The first-order valence-electron chi connectivity index (χ1n) is 25.3. The average Bonchev–Trinajstić information content (AvgIpc) is 3.99. The van der Waals surface area contributed by atoms with Crippen LogP contribution in [0.3, 0.4) is 0 Å². The summed E-state index contributed by atoms with van der Waals surface area (Å²) in [4.78, 5) is 5.29. The van der Waals surface area contributed by atoms with Crippen LogP contribution in [0, 0.1) is 0 Å². The van der Waals surface area contributed by atoms with E-state index in [2.05, 4.69) is 238 Å². The molecular weight excluding hydrogens is 862 g/mol. The van der Waals surface area contributed by atoms with Crippen molar-refractivity contribution < 1.29 is 4.42 Å². The maximum Gasteiger partial charge on any atom is 0.333 e. The minimum absolute atomic E-state index is 0.00834. The normalized spacial score (nSPS) is 17.2. The summed E-state index contributed by atoms with van der Waals surface area (Å²) in [7, 11) is 0. The lowest BCUT2D eigenvalue weighted by Gasteiger charge is -2.49. The van der Waals surface area contributed by atoms with Gasteiger partial charge in [-0.3, -0.25) is 0 Å². The zero-order chi connectivity index (χ0) is 47.9. The van der Waals surface area contributed by atoms with Gasteiger partial charge in [0.05, 0.1) is 22.3 Å². The van der Waals surface area contributed by atoms with Crippen molar-refractivity contribution in [3.8, 4) is 27.9 Å². The lowest BCUT2D eigenvalue weighted by Crippen LogP contribution is -2.61. The van der Waals surface area contributed by atoms with Crippen LogP contribution in [0.25, 0.3) is 77.3 Å². The Morgan fingerprint density at radius 3 is 2.06 bits per heavy atom. The summed E-state index contributed by atoms with van der Waals surface area (Å²) in [6.45, 7) is 18.9. The van der Waals surface area contributed by atoms with Crippen molar-refractivity contribution in [2.75, 3.05) is 9.71 Å². The summed E-state index contributed by atoms with van der Waals surface area (Å²) in [5.41, 5.74) is 25.1. The molecule has 0 N–H and O–H groups in total. The van der Waals surface area contributed by atoms with E-state index >= 15 is 0 Å². The fraction of sp³-hybridized carbons (Fsp3) is 0.152. The Labute approximate surface area is 415 Å². The van der Waals surface area contributed by atoms with Gasteiger partial charge in [0.1, 0.15) is 11.2 Å². The number of anilines is 4. The number of rotatable bonds is 3. The van der Waals surface area contributed by atoms with Crippen molar-refractivity contribution in [2.45, 2.75) is 64.3 Å². The largest absolute Gasteiger partial charge is 0.456 e. The van der Waals surface area contributed by atoms with Crippen LogP contribution in [0.15, 0.2) is 193 Å². The van der Waals surface area contributed by atoms with Gasteiger partial charge in [0.2, 0.25) is 0 Å². The summed E-state index contributed by atoms with van der Waals surface area (Å²) in [5, 5.41) is 4.68. The molecular formula is C66H52BN3O. The first-order chi connectivity index (χ1) is 34.4. The van der Waals surface area contributed by atoms with Gasteiger partial charge in [0.25, 0.3) is 0 Å². The monoisotopic (exact) mass is 913 g/mol. The third-order valence-corrected chi connectivity index (χ3v) is 17.0. The molecule has 0 spiro atoms. The van der Waals surface area contributed by atoms with Crippen LogP contribution in [0.1, 0.15) is 75.8 Å². The predicted molar refractivity (Wildman–Crippen MR) is 299 cm³/mol. The molecule has 5 heteroatoms. The van der Waals surface area contributed by atoms with E-state index in [4.69, 9.17) is 11.0 Å². The molecule has 4 nitrogen and oxygen atoms in total. The number of nitrogens with zero attached hydrogens (tertiary/aromatic N) is 3. The van der Waals surface area contributed by atoms with E-state index in [0.29, 0.717) is 0 Å². The summed E-state index contributed by atoms with van der Waals surface area (Å²) >= 11 is 0. The van der Waals surface area contributed by atoms with Gasteiger partial charge >= 0.3 is 6.85 Å². The Morgan fingerprint density at radius 2 is 1.27 bits per heavy atom. The molecule has 0 saturated heterocycles. The van der Waals surface area contributed by atoms with E-state index in [1.165, 1.54) is 99.9 Å². The number of para-hydroxylation sites is 2. The minimum atomic E-state index is -0.411. The van der Waals surface area contributed by atoms with Gasteiger partial charge in [-0.1, -0.05) is 163 Å². The summed E-state index contributed by atoms with van der Waals surface area (Å²) in [6, 6.07) is 68.7. The third kappa shape index (κ3) is 5.36. The Bertz CT molecular complexity index is 4130. The van der Waals surface area contributed by atoms with Crippen LogP contribution >= 0.6 is 0 Å². The zero-order valence-corrected chi connectivity index (χ0v) is 41.1. The average molecular weight is 914 g/mol. The lowest BCUT2D eigenvalue weighted by atomic mass is 9.43. The summed E-state index contributed by atoms with van der Waals surface area (Å²) < 4.78 is 9.29. The van der Waals surface area contributed by atoms with Crippen LogP contribution in [-0.4, -0.2) is 11.4 Å². The highest BCUT2D eigenvalue weighted by atomic mass is 16.3. The first-order valence-corrected chi connectivity index (χ1v) is 25.3. The van der Waals surface area contributed by atoms with E-state index in [0.717, 1.165) is 45.3 Å². The molecule has 71 heavy (non-hydrogen) atoms. The molecule has 3 aliphatic heterocycles. The molecule has 15 rings (SSSR count). The smallest absolute Gasteiger partial charge is 0.333 e. The van der Waals surface area contributed by atoms with Crippen LogP contribution in [0.2, 0.25) is 0 Å². The quantitative estimate of drug-likeness (QED) is 0.165. The molecule has 9 aromatic carbocycles. The number of hydrogen-bond acceptors (Lipinski definition) is 3. The molecule has 1 aliphatic carbocycles. The van der Waals surface area contributed by atoms with Crippen molar-refractivity contribution in [1.29, 1.82) is 0 Å². The van der Waals surface area contributed by atoms with Gasteiger partial charge in [0.15, 0.2) is 0 Å². The van der Waals surface area contributed by atoms with Crippen molar-refractivity contribution in [1.82, 2.24) is 4.57 Å². The number of aromatic nitrogens is 1. The second-order valence-electron chi connectivity index (χ2n) is 22.4. The van der Waals surface area contributed by atoms with E-state index < -0.39 is 5.54 Å². The molecule has 0 bridgehead atoms. The van der Waals surface area contributed by atoms with Gasteiger partial charge in [-0.2, -0.15) is 0 Å². The molecule has 2 aromatic heterocycles. The highest BCUT2D eigenvalue weighted by Crippen LogP contribution is 2.56. The van der Waals surface area contributed by atoms with Crippen LogP contribution < -0.4 is 20.6 Å². The fourth-order valence-corrected chi connectivity index (χ4v) is 13.6. The Morgan fingerprint density at radius 1 is 0.535 bits per heavy atom. The maximum atomic E-state index is 6.67. The second-order valence-corrected chi connectivity index (χ2v) is 22.4. The molecule has 4 aliphatic rings. The molecule has 0 radical (unpaired) electrons. The van der Waals surface area contributed by atoms with Crippen LogP contribution in [0.5, 0.6) is 0 Å². The van der Waals surface area contributed by atoms with Gasteiger partial charge in [0, 0.05) is 67.3 Å². The maximum absolute atomic E-state index is 6.67. The van der Waals surface area contributed by atoms with E-state index in [1.54, 1.807) is 0 Å². The number of benzene rings is 9. The number of fused-ring (bicyclic) bond motifs is 15. The van der Waals surface area contributed by atoms with Gasteiger partial charge < -0.3 is 18.7 Å². The Kier molecular flexibility index (Phi) is 7.97. The first kappa shape index (κ1) is 40.8. The van der Waals surface area contributed by atoms with Gasteiger partial charge in [-0.15, -0.1) is 0 Å². The zero-order valence-electron chi connectivity index (χ0n) is 41.1. The molecule has 5 heterocycles. The van der Waals surface area contributed by atoms with E-state index in [-0.39, 0.29) is 17.7 Å². The predicted octanol–water partition coefficient (Wildman–Crippen LogP) is 16.0. The van der Waals surface area contributed by atoms with Crippen molar-refractivity contribution in [3.05, 3.63) is 216 Å². The molecule has 11 aromatic rings. The molecule has 340 valence electrons. The van der Waals surface area contributed by atoms with E-state index in [9.17, 15) is 0 Å². The van der Waals surface area contributed by atoms with Gasteiger partial charge in [-0.25, -0.2) is 0 Å². The van der Waals surface area contributed by atoms with Crippen LogP contribution in [0.4, 0.5) is 22.7 Å². The van der Waals surface area contributed by atoms with Crippen molar-refractivity contribution in [2.24, 2.45) is 0 Å². The molecule has 1 atom stereocenters. The standard InChI is InChI=1S/C66H52BN3O/c1-39-38-66(7,41-18-10-8-11-19-41)69(42-20-12-9-13-21-42)57-37-59-55(33-48(39)57)67-62-46(30-31-47-51-36-61-52(35-56(51)68(59)63(47)62)45-23-15-17-25-60(45)71-61)50-32-54-49(44-22-14-16-24-53(44)65(54,5)6)34-58(50)70(67)43-28-26-40(27-29-43)64(2,3)4/h8-37H,1,38H2,2-7H3. The lowest BCUT2D eigenvalue weighted by molar-refractivity contribution is 0.485. The van der Waals surface area contributed by atoms with Crippen molar-refractivity contribution >= 4 is 89.8 Å². The molecule has 0 amide bonds. The van der Waals surface area contributed by atoms with E-state index in [1.807, 2.05) is 0 Å². The molecule has 1 unspecified atom stereocenters.